The van der Waals surface area contributed by atoms with Crippen LogP contribution in [0.1, 0.15) is 25.3 Å². The van der Waals surface area contributed by atoms with Crippen LogP contribution in [0, 0.1) is 0 Å². The lowest BCUT2D eigenvalue weighted by Crippen LogP contribution is -2.36. The van der Waals surface area contributed by atoms with Crippen molar-refractivity contribution in [2.45, 2.75) is 19.8 Å². The molecule has 4 N–H and O–H groups in total. The van der Waals surface area contributed by atoms with Crippen LogP contribution in [-0.2, 0) is 4.74 Å². The van der Waals surface area contributed by atoms with Crippen molar-refractivity contribution in [3.63, 3.8) is 0 Å². The Labute approximate surface area is 108 Å². The Morgan fingerprint density at radius 1 is 1.33 bits per heavy atom. The van der Waals surface area contributed by atoms with Crippen molar-refractivity contribution < 1.29 is 4.74 Å². The molecule has 5 heteroatoms. The predicted molar refractivity (Wildman–Crippen MR) is 75.7 cm³/mol. The molecule has 0 atom stereocenters. The third-order valence-electron chi connectivity index (χ3n) is 2.54. The van der Waals surface area contributed by atoms with Gasteiger partial charge in [-0.3, -0.25) is 5.43 Å². The van der Waals surface area contributed by atoms with Gasteiger partial charge in [0, 0.05) is 12.8 Å². The number of nitrogens with one attached hydrogen (secondary N) is 2. The predicted octanol–water partition coefficient (Wildman–Crippen LogP) is 1.69. The molecular formula is C13H22N4O. The normalized spacial score (nSPS) is 11.7. The van der Waals surface area contributed by atoms with Gasteiger partial charge in [0.05, 0.1) is 13.2 Å². The Balaban J connectivity index is 2.61. The molecule has 0 unspecified atom stereocenters. The molecule has 0 bridgehead atoms. The van der Waals surface area contributed by atoms with E-state index in [1.165, 1.54) is 5.56 Å². The van der Waals surface area contributed by atoms with Crippen molar-refractivity contribution in [3.8, 4) is 0 Å². The SMILES string of the molecule is COCCN=C(NN)Nc1ccc(C(C)C)cc1. The van der Waals surface area contributed by atoms with E-state index in [0.717, 1.165) is 5.69 Å². The van der Waals surface area contributed by atoms with Gasteiger partial charge in [-0.1, -0.05) is 26.0 Å². The average molecular weight is 250 g/mol. The molecule has 1 aromatic rings. The molecule has 0 aromatic heterocycles. The molecule has 0 heterocycles. The zero-order valence-corrected chi connectivity index (χ0v) is 11.2. The van der Waals surface area contributed by atoms with Crippen LogP contribution in [0.2, 0.25) is 0 Å². The fourth-order valence-electron chi connectivity index (χ4n) is 1.46. The second kappa shape index (κ2) is 7.68. The maximum Gasteiger partial charge on any atom is 0.210 e. The number of nitrogens with two attached hydrogens (primary N) is 1. The van der Waals surface area contributed by atoms with Gasteiger partial charge in [0.2, 0.25) is 5.96 Å². The van der Waals surface area contributed by atoms with Crippen molar-refractivity contribution in [1.29, 1.82) is 0 Å². The fourth-order valence-corrected chi connectivity index (χ4v) is 1.46. The molecule has 1 rings (SSSR count). The van der Waals surface area contributed by atoms with E-state index in [1.54, 1.807) is 7.11 Å². The van der Waals surface area contributed by atoms with Crippen LogP contribution < -0.4 is 16.6 Å². The third-order valence-corrected chi connectivity index (χ3v) is 2.54. The first-order chi connectivity index (χ1) is 8.67. The van der Waals surface area contributed by atoms with Crippen LogP contribution in [0.4, 0.5) is 5.69 Å². The van der Waals surface area contributed by atoms with Gasteiger partial charge in [-0.05, 0) is 23.6 Å². The lowest BCUT2D eigenvalue weighted by molar-refractivity contribution is 0.208. The topological polar surface area (TPSA) is 71.7 Å². The molecule has 0 amide bonds. The van der Waals surface area contributed by atoms with Gasteiger partial charge in [-0.15, -0.1) is 0 Å². The maximum atomic E-state index is 5.40. The summed E-state index contributed by atoms with van der Waals surface area (Å²) in [6, 6.07) is 8.21. The van der Waals surface area contributed by atoms with Gasteiger partial charge >= 0.3 is 0 Å². The highest BCUT2D eigenvalue weighted by atomic mass is 16.5. The van der Waals surface area contributed by atoms with Crippen LogP contribution in [0.3, 0.4) is 0 Å². The second-order valence-corrected chi connectivity index (χ2v) is 4.27. The standard InChI is InChI=1S/C13H22N4O/c1-10(2)11-4-6-12(7-5-11)16-13(17-14)15-8-9-18-3/h4-7,10H,8-9,14H2,1-3H3,(H2,15,16,17). The van der Waals surface area contributed by atoms with E-state index in [-0.39, 0.29) is 0 Å². The molecule has 0 aliphatic rings. The monoisotopic (exact) mass is 250 g/mol. The average Bonchev–Trinajstić information content (AvgIpc) is 2.38. The van der Waals surface area contributed by atoms with Crippen LogP contribution in [0.15, 0.2) is 29.3 Å². The molecule has 18 heavy (non-hydrogen) atoms. The van der Waals surface area contributed by atoms with Crippen LogP contribution in [-0.4, -0.2) is 26.2 Å². The smallest absolute Gasteiger partial charge is 0.210 e. The Kier molecular flexibility index (Phi) is 6.18. The number of benzene rings is 1. The Morgan fingerprint density at radius 2 is 2.00 bits per heavy atom. The minimum Gasteiger partial charge on any atom is -0.383 e. The number of methoxy groups -OCH3 is 1. The van der Waals surface area contributed by atoms with Gasteiger partial charge in [0.25, 0.3) is 0 Å². The number of rotatable bonds is 5. The van der Waals surface area contributed by atoms with Gasteiger partial charge in [-0.2, -0.15) is 0 Å². The minimum atomic E-state index is 0.529. The summed E-state index contributed by atoms with van der Waals surface area (Å²) in [6.07, 6.45) is 0. The molecule has 0 aliphatic heterocycles. The van der Waals surface area contributed by atoms with E-state index in [9.17, 15) is 0 Å². The summed E-state index contributed by atoms with van der Waals surface area (Å²) in [7, 11) is 1.64. The van der Waals surface area contributed by atoms with Crippen molar-refractivity contribution in [2.24, 2.45) is 10.8 Å². The minimum absolute atomic E-state index is 0.529. The summed E-state index contributed by atoms with van der Waals surface area (Å²) in [4.78, 5) is 4.23. The lowest BCUT2D eigenvalue weighted by Gasteiger charge is -2.11. The van der Waals surface area contributed by atoms with Gasteiger partial charge in [0.1, 0.15) is 0 Å². The molecule has 1 aromatic carbocycles. The van der Waals surface area contributed by atoms with E-state index in [1.807, 2.05) is 12.1 Å². The summed E-state index contributed by atoms with van der Waals surface area (Å²) in [6.45, 7) is 5.47. The van der Waals surface area contributed by atoms with E-state index in [0.29, 0.717) is 25.0 Å². The van der Waals surface area contributed by atoms with Crippen LogP contribution >= 0.6 is 0 Å². The first-order valence-corrected chi connectivity index (χ1v) is 6.04. The summed E-state index contributed by atoms with van der Waals surface area (Å²) in [5, 5.41) is 3.11. The Morgan fingerprint density at radius 3 is 2.50 bits per heavy atom. The fraction of sp³-hybridized carbons (Fsp3) is 0.462. The quantitative estimate of drug-likeness (QED) is 0.244. The molecule has 0 aliphatic carbocycles. The highest BCUT2D eigenvalue weighted by Gasteiger charge is 2.00. The number of nitrogens with zero attached hydrogens (tertiary/aromatic N) is 1. The first kappa shape index (κ1) is 14.5. The van der Waals surface area contributed by atoms with Crippen molar-refractivity contribution >= 4 is 11.6 Å². The third kappa shape index (κ3) is 4.73. The summed E-state index contributed by atoms with van der Waals surface area (Å²) >= 11 is 0. The van der Waals surface area contributed by atoms with E-state index < -0.39 is 0 Å². The number of hydrogen-bond donors (Lipinski definition) is 3. The van der Waals surface area contributed by atoms with Crippen molar-refractivity contribution in [1.82, 2.24) is 5.43 Å². The lowest BCUT2D eigenvalue weighted by atomic mass is 10.0. The summed E-state index contributed by atoms with van der Waals surface area (Å²) < 4.78 is 4.93. The molecule has 0 radical (unpaired) electrons. The van der Waals surface area contributed by atoms with Crippen LogP contribution in [0.25, 0.3) is 0 Å². The zero-order valence-electron chi connectivity index (χ0n) is 11.2. The molecule has 0 saturated heterocycles. The Hall–Kier alpha value is -1.59. The highest BCUT2D eigenvalue weighted by molar-refractivity contribution is 5.93. The second-order valence-electron chi connectivity index (χ2n) is 4.27. The van der Waals surface area contributed by atoms with E-state index in [4.69, 9.17) is 10.6 Å². The van der Waals surface area contributed by atoms with Crippen molar-refractivity contribution in [3.05, 3.63) is 29.8 Å². The van der Waals surface area contributed by atoms with Crippen molar-refractivity contribution in [2.75, 3.05) is 25.6 Å². The maximum absolute atomic E-state index is 5.40. The number of hydrogen-bond acceptors (Lipinski definition) is 3. The van der Waals surface area contributed by atoms with Gasteiger partial charge < -0.3 is 10.1 Å². The number of aliphatic imine (C=N–C) groups is 1. The Bertz CT molecular complexity index is 373. The van der Waals surface area contributed by atoms with Crippen LogP contribution in [0.5, 0.6) is 0 Å². The summed E-state index contributed by atoms with van der Waals surface area (Å²) in [5.41, 5.74) is 4.79. The van der Waals surface area contributed by atoms with E-state index >= 15 is 0 Å². The molecule has 0 saturated carbocycles. The molecular weight excluding hydrogens is 228 g/mol. The van der Waals surface area contributed by atoms with Gasteiger partial charge in [-0.25, -0.2) is 10.8 Å². The number of anilines is 1. The van der Waals surface area contributed by atoms with E-state index in [2.05, 4.69) is 41.7 Å². The number of ether oxygens (including phenoxy) is 1. The zero-order chi connectivity index (χ0) is 13.4. The van der Waals surface area contributed by atoms with Gasteiger partial charge in [0.15, 0.2) is 0 Å². The molecule has 5 nitrogen and oxygen atoms in total. The molecule has 0 fully saturated rings. The number of hydrazine groups is 1. The largest absolute Gasteiger partial charge is 0.383 e. The summed E-state index contributed by atoms with van der Waals surface area (Å²) in [5.74, 6) is 6.46. The highest BCUT2D eigenvalue weighted by Crippen LogP contribution is 2.16. The molecule has 100 valence electrons. The molecule has 0 spiro atoms. The number of guanidine groups is 1. The first-order valence-electron chi connectivity index (χ1n) is 6.04.